The highest BCUT2D eigenvalue weighted by Crippen LogP contribution is 2.44. The molecule has 2 aliphatic rings. The summed E-state index contributed by atoms with van der Waals surface area (Å²) in [6.45, 7) is 12.5. The van der Waals surface area contributed by atoms with Gasteiger partial charge in [-0.15, -0.1) is 0 Å². The molecule has 3 rings (SSSR count). The molecule has 21 heavy (non-hydrogen) atoms. The van der Waals surface area contributed by atoms with Crippen molar-refractivity contribution >= 4 is 18.2 Å². The molecule has 0 N–H and O–H groups in total. The van der Waals surface area contributed by atoms with Crippen LogP contribution < -0.4 is 10.4 Å². The maximum absolute atomic E-state index is 6.26. The van der Waals surface area contributed by atoms with Crippen molar-refractivity contribution in [2.45, 2.75) is 39.6 Å². The van der Waals surface area contributed by atoms with E-state index in [-0.39, 0.29) is 17.9 Å². The number of morpholine rings is 1. The van der Waals surface area contributed by atoms with Gasteiger partial charge in [0.15, 0.2) is 0 Å². The van der Waals surface area contributed by atoms with Gasteiger partial charge in [-0.3, -0.25) is 0 Å². The first kappa shape index (κ1) is 14.9. The third kappa shape index (κ3) is 2.81. The predicted octanol–water partition coefficient (Wildman–Crippen LogP) is 1.95. The van der Waals surface area contributed by atoms with Crippen LogP contribution in [0, 0.1) is 5.41 Å². The Balaban J connectivity index is 1.73. The first-order chi connectivity index (χ1) is 9.89. The van der Waals surface area contributed by atoms with Crippen LogP contribution in [0.25, 0.3) is 0 Å². The minimum Gasteiger partial charge on any atom is -0.425 e. The van der Waals surface area contributed by atoms with Crippen molar-refractivity contribution in [1.29, 1.82) is 0 Å². The maximum atomic E-state index is 6.26. The Morgan fingerprint density at radius 3 is 2.38 bits per heavy atom. The number of pyridine rings is 1. The second-order valence-corrected chi connectivity index (χ2v) is 7.25. The lowest BCUT2D eigenvalue weighted by atomic mass is 9.54. The van der Waals surface area contributed by atoms with E-state index in [1.165, 1.54) is 5.46 Å². The lowest BCUT2D eigenvalue weighted by Gasteiger charge is -2.34. The fourth-order valence-corrected chi connectivity index (χ4v) is 3.02. The van der Waals surface area contributed by atoms with Crippen LogP contribution in [0.2, 0.25) is 6.32 Å². The van der Waals surface area contributed by atoms with Crippen molar-refractivity contribution in [3.8, 4) is 0 Å². The third-order valence-electron chi connectivity index (χ3n) is 5.24. The van der Waals surface area contributed by atoms with Gasteiger partial charge in [0.2, 0.25) is 0 Å². The van der Waals surface area contributed by atoms with E-state index in [9.17, 15) is 0 Å². The minimum atomic E-state index is -0.0967. The molecule has 0 radical (unpaired) electrons. The highest BCUT2D eigenvalue weighted by atomic mass is 16.5. The Morgan fingerprint density at radius 2 is 1.86 bits per heavy atom. The van der Waals surface area contributed by atoms with E-state index in [1.807, 2.05) is 6.20 Å². The van der Waals surface area contributed by atoms with E-state index in [0.717, 1.165) is 38.4 Å². The maximum Gasteiger partial charge on any atom is 0.329 e. The Hall–Kier alpha value is -1.07. The van der Waals surface area contributed by atoms with Gasteiger partial charge in [-0.1, -0.05) is 19.9 Å². The fourth-order valence-electron chi connectivity index (χ4n) is 3.02. The molecule has 2 fully saturated rings. The summed E-state index contributed by atoms with van der Waals surface area (Å²) in [5, 5.41) is 0. The molecule has 0 spiro atoms. The van der Waals surface area contributed by atoms with Gasteiger partial charge in [0.1, 0.15) is 5.82 Å². The van der Waals surface area contributed by atoms with Gasteiger partial charge >= 0.3 is 6.92 Å². The average Bonchev–Trinajstić information content (AvgIpc) is 2.69. The van der Waals surface area contributed by atoms with E-state index in [4.69, 9.17) is 9.39 Å². The first-order valence-electron chi connectivity index (χ1n) is 7.85. The number of aromatic nitrogens is 1. The molecule has 114 valence electrons. The first-order valence-corrected chi connectivity index (χ1v) is 7.85. The second kappa shape index (κ2) is 5.29. The van der Waals surface area contributed by atoms with Crippen molar-refractivity contribution in [3.63, 3.8) is 0 Å². The Morgan fingerprint density at radius 1 is 1.14 bits per heavy atom. The number of anilines is 1. The quantitative estimate of drug-likeness (QED) is 0.779. The normalized spacial score (nSPS) is 24.4. The summed E-state index contributed by atoms with van der Waals surface area (Å²) in [5.41, 5.74) is 1.27. The lowest BCUT2D eigenvalue weighted by Crippen LogP contribution is -2.38. The predicted molar refractivity (Wildman–Crippen MR) is 86.4 cm³/mol. The van der Waals surface area contributed by atoms with Gasteiger partial charge < -0.3 is 14.3 Å². The second-order valence-electron chi connectivity index (χ2n) is 7.25. The summed E-state index contributed by atoms with van der Waals surface area (Å²) in [6, 6.07) is 4.28. The molecular formula is C16H25BN2O2. The Kier molecular flexibility index (Phi) is 3.74. The summed E-state index contributed by atoms with van der Waals surface area (Å²) < 4.78 is 11.6. The lowest BCUT2D eigenvalue weighted by molar-refractivity contribution is 0.0375. The molecule has 2 saturated heterocycles. The Labute approximate surface area is 127 Å². The topological polar surface area (TPSA) is 34.6 Å². The molecule has 0 unspecified atom stereocenters. The van der Waals surface area contributed by atoms with Crippen molar-refractivity contribution in [3.05, 3.63) is 18.3 Å². The number of nitrogens with zero attached hydrogens (tertiary/aromatic N) is 2. The number of ether oxygens (including phenoxy) is 1. The number of hydrogen-bond donors (Lipinski definition) is 0. The van der Waals surface area contributed by atoms with Crippen molar-refractivity contribution in [2.24, 2.45) is 5.41 Å². The van der Waals surface area contributed by atoms with Crippen LogP contribution in [-0.4, -0.2) is 43.8 Å². The largest absolute Gasteiger partial charge is 0.425 e. The molecule has 1 aromatic heterocycles. The molecule has 0 amide bonds. The van der Waals surface area contributed by atoms with E-state index in [1.54, 1.807) is 0 Å². The summed E-state index contributed by atoms with van der Waals surface area (Å²) >= 11 is 0. The molecule has 3 heterocycles. The molecule has 0 aliphatic carbocycles. The SMILES string of the molecule is CC1(C)CB(c2ccc(N3CCOCC3)nc2)OC1(C)C. The van der Waals surface area contributed by atoms with Crippen LogP contribution in [0.3, 0.4) is 0 Å². The van der Waals surface area contributed by atoms with Crippen LogP contribution in [0.15, 0.2) is 18.3 Å². The smallest absolute Gasteiger partial charge is 0.329 e. The Bertz CT molecular complexity index is 480. The zero-order valence-corrected chi connectivity index (χ0v) is 13.6. The van der Waals surface area contributed by atoms with Crippen molar-refractivity contribution in [1.82, 2.24) is 4.98 Å². The summed E-state index contributed by atoms with van der Waals surface area (Å²) in [5.74, 6) is 1.04. The molecular weight excluding hydrogens is 263 g/mol. The molecule has 0 aromatic carbocycles. The molecule has 4 nitrogen and oxygen atoms in total. The third-order valence-corrected chi connectivity index (χ3v) is 5.24. The summed E-state index contributed by atoms with van der Waals surface area (Å²) in [7, 11) is 0. The molecule has 1 aromatic rings. The van der Waals surface area contributed by atoms with E-state index in [2.05, 4.69) is 49.7 Å². The summed E-state index contributed by atoms with van der Waals surface area (Å²) in [6.07, 6.45) is 3.02. The van der Waals surface area contributed by atoms with Crippen LogP contribution in [-0.2, 0) is 9.39 Å². The van der Waals surface area contributed by atoms with Gasteiger partial charge in [-0.05, 0) is 37.1 Å². The molecule has 0 saturated carbocycles. The molecule has 5 heteroatoms. The van der Waals surface area contributed by atoms with Crippen LogP contribution in [0.5, 0.6) is 0 Å². The zero-order valence-electron chi connectivity index (χ0n) is 13.6. The standard InChI is InChI=1S/C16H25BN2O2/c1-15(2)12-17(21-16(15,3)4)13-5-6-14(18-11-13)19-7-9-20-10-8-19/h5-6,11H,7-10,12H2,1-4H3. The van der Waals surface area contributed by atoms with Gasteiger partial charge in [0, 0.05) is 19.3 Å². The number of rotatable bonds is 2. The van der Waals surface area contributed by atoms with Gasteiger partial charge in [0.25, 0.3) is 0 Å². The van der Waals surface area contributed by atoms with E-state index in [0.29, 0.717) is 0 Å². The van der Waals surface area contributed by atoms with E-state index < -0.39 is 0 Å². The number of hydrogen-bond acceptors (Lipinski definition) is 4. The van der Waals surface area contributed by atoms with Crippen LogP contribution >= 0.6 is 0 Å². The van der Waals surface area contributed by atoms with Crippen molar-refractivity contribution in [2.75, 3.05) is 31.2 Å². The molecule has 0 atom stereocenters. The molecule has 0 bridgehead atoms. The van der Waals surface area contributed by atoms with Crippen molar-refractivity contribution < 1.29 is 9.39 Å². The van der Waals surface area contributed by atoms with Gasteiger partial charge in [0.05, 0.1) is 18.8 Å². The van der Waals surface area contributed by atoms with Gasteiger partial charge in [-0.2, -0.15) is 0 Å². The average molecular weight is 288 g/mol. The highest BCUT2D eigenvalue weighted by molar-refractivity contribution is 6.68. The highest BCUT2D eigenvalue weighted by Gasteiger charge is 2.49. The zero-order chi connectivity index (χ0) is 15.1. The van der Waals surface area contributed by atoms with Crippen LogP contribution in [0.4, 0.5) is 5.82 Å². The van der Waals surface area contributed by atoms with Gasteiger partial charge in [-0.25, -0.2) is 4.98 Å². The molecule has 2 aliphatic heterocycles. The van der Waals surface area contributed by atoms with E-state index >= 15 is 0 Å². The summed E-state index contributed by atoms with van der Waals surface area (Å²) in [4.78, 5) is 6.91. The van der Waals surface area contributed by atoms with Crippen LogP contribution in [0.1, 0.15) is 27.7 Å². The minimum absolute atomic E-state index is 0.0967. The fraction of sp³-hybridized carbons (Fsp3) is 0.688. The monoisotopic (exact) mass is 288 g/mol.